The van der Waals surface area contributed by atoms with Gasteiger partial charge in [0.05, 0.1) is 23.2 Å². The van der Waals surface area contributed by atoms with Gasteiger partial charge in [0.2, 0.25) is 0 Å². The molecule has 0 aromatic carbocycles. The molecule has 0 amide bonds. The minimum Gasteiger partial charge on any atom is -0.340 e. The molecule has 10 heteroatoms. The van der Waals surface area contributed by atoms with E-state index in [1.807, 2.05) is 63.3 Å². The number of hydrogen-bond donors (Lipinski definition) is 2. The summed E-state index contributed by atoms with van der Waals surface area (Å²) in [6.45, 7) is 10.1. The molecule has 10 bridgehead atoms. The van der Waals surface area contributed by atoms with Crippen LogP contribution < -0.4 is 0 Å². The van der Waals surface area contributed by atoms with Gasteiger partial charge in [-0.05, 0) is 41.7 Å². The van der Waals surface area contributed by atoms with Crippen LogP contribution in [-0.2, 0) is 19.2 Å². The molecule has 268 valence electrons. The van der Waals surface area contributed by atoms with Crippen molar-refractivity contribution in [3.05, 3.63) is 107 Å². The summed E-state index contributed by atoms with van der Waals surface area (Å²) in [4.78, 5) is 80.7. The quantitative estimate of drug-likeness (QED) is 0.206. The molecule has 8 aliphatic rings. The minimum atomic E-state index is -0.505. The fourth-order valence-corrected chi connectivity index (χ4v) is 9.32. The highest BCUT2D eigenvalue weighted by molar-refractivity contribution is 6.19. The van der Waals surface area contributed by atoms with Gasteiger partial charge in [0.15, 0.2) is 17.4 Å². The second-order valence-corrected chi connectivity index (χ2v) is 15.9. The van der Waals surface area contributed by atoms with Crippen LogP contribution in [0.3, 0.4) is 0 Å². The van der Waals surface area contributed by atoms with Crippen molar-refractivity contribution in [2.45, 2.75) is 58.3 Å². The molecular weight excluding hydrogens is 677 g/mol. The van der Waals surface area contributed by atoms with E-state index in [0.29, 0.717) is 76.7 Å². The van der Waals surface area contributed by atoms with E-state index in [2.05, 4.69) is 34.8 Å². The van der Waals surface area contributed by atoms with E-state index in [1.54, 1.807) is 0 Å². The topological polar surface area (TPSA) is 151 Å². The number of Topliss-reactive ketones (excluding diaryl/α,β-unsaturated/α-hetero) is 4. The van der Waals surface area contributed by atoms with Crippen LogP contribution in [0.2, 0.25) is 0 Å². The Labute approximate surface area is 311 Å². The van der Waals surface area contributed by atoms with Gasteiger partial charge in [-0.25, -0.2) is 19.9 Å². The first-order valence-corrected chi connectivity index (χ1v) is 18.9. The Morgan fingerprint density at radius 2 is 1.24 bits per heavy atom. The maximum absolute atomic E-state index is 13.6. The van der Waals surface area contributed by atoms with E-state index >= 15 is 0 Å². The van der Waals surface area contributed by atoms with Crippen molar-refractivity contribution >= 4 is 67.8 Å². The molecule has 5 heterocycles. The second-order valence-electron chi connectivity index (χ2n) is 15.9. The molecule has 11 rings (SSSR count). The molecule has 0 spiro atoms. The van der Waals surface area contributed by atoms with Crippen molar-refractivity contribution in [3.63, 3.8) is 0 Å². The van der Waals surface area contributed by atoms with Gasteiger partial charge in [-0.1, -0.05) is 63.8 Å². The Bertz CT molecular complexity index is 2650. The molecule has 3 aromatic heterocycles. The van der Waals surface area contributed by atoms with Gasteiger partial charge in [0, 0.05) is 87.9 Å². The summed E-state index contributed by atoms with van der Waals surface area (Å²) >= 11 is 0. The number of aromatic nitrogens is 6. The second kappa shape index (κ2) is 11.8. The SMILES string of the molecule is C=C1C(=O)CC(C)C2=C1c1cc3cc(C4C=CC(C)CC4=O)c(nc4[nH]c(cc5nc(nc2n1)C1=C5C2C=CC1C(=O)C2)cc4C1C=CC(C)C(=O)C1)[nH]3. The fourth-order valence-electron chi connectivity index (χ4n) is 9.32. The molecule has 0 saturated carbocycles. The summed E-state index contributed by atoms with van der Waals surface area (Å²) in [6.07, 6.45) is 13.6. The highest BCUT2D eigenvalue weighted by Gasteiger charge is 2.43. The Morgan fingerprint density at radius 1 is 0.593 bits per heavy atom. The molecule has 2 aliphatic heterocycles. The van der Waals surface area contributed by atoms with Gasteiger partial charge in [-0.15, -0.1) is 0 Å². The number of nitrogens with zero attached hydrogens (tertiary/aromatic N) is 4. The average Bonchev–Trinajstić information content (AvgIpc) is 3.90. The zero-order chi connectivity index (χ0) is 37.2. The highest BCUT2D eigenvalue weighted by atomic mass is 16.1. The lowest BCUT2D eigenvalue weighted by atomic mass is 9.70. The molecule has 0 saturated heterocycles. The molecular formula is C44H38N6O4. The van der Waals surface area contributed by atoms with Crippen LogP contribution in [0.5, 0.6) is 0 Å². The summed E-state index contributed by atoms with van der Waals surface area (Å²) in [5, 5.41) is 0. The Balaban J connectivity index is 1.31. The van der Waals surface area contributed by atoms with E-state index in [-0.39, 0.29) is 52.7 Å². The number of hydrogen-bond acceptors (Lipinski definition) is 8. The van der Waals surface area contributed by atoms with Crippen LogP contribution in [0.4, 0.5) is 0 Å². The van der Waals surface area contributed by atoms with Gasteiger partial charge in [-0.2, -0.15) is 0 Å². The average molecular weight is 715 g/mol. The predicted molar refractivity (Wildman–Crippen MR) is 205 cm³/mol. The van der Waals surface area contributed by atoms with Gasteiger partial charge >= 0.3 is 0 Å². The molecule has 7 atom stereocenters. The first-order valence-electron chi connectivity index (χ1n) is 18.9. The number of carbonyl (C=O) groups is 4. The maximum Gasteiger partial charge on any atom is 0.163 e. The lowest BCUT2D eigenvalue weighted by Gasteiger charge is -2.31. The first kappa shape index (κ1) is 32.7. The van der Waals surface area contributed by atoms with Crippen molar-refractivity contribution in [2.75, 3.05) is 0 Å². The van der Waals surface area contributed by atoms with Crippen LogP contribution in [-0.4, -0.2) is 53.0 Å². The van der Waals surface area contributed by atoms with E-state index in [1.165, 1.54) is 0 Å². The number of aromatic amines is 2. The molecule has 0 radical (unpaired) electrons. The predicted octanol–water partition coefficient (Wildman–Crippen LogP) is 7.36. The summed E-state index contributed by atoms with van der Waals surface area (Å²) < 4.78 is 0. The largest absolute Gasteiger partial charge is 0.340 e. The summed E-state index contributed by atoms with van der Waals surface area (Å²) in [5.41, 5.74) is 8.97. The van der Waals surface area contributed by atoms with Crippen molar-refractivity contribution in [1.82, 2.24) is 29.9 Å². The number of allylic oxidation sites excluding steroid dienone is 11. The molecule has 0 fully saturated rings. The molecule has 6 aliphatic carbocycles. The molecule has 2 N–H and O–H groups in total. The maximum atomic E-state index is 13.6. The van der Waals surface area contributed by atoms with Crippen molar-refractivity contribution in [1.29, 1.82) is 0 Å². The van der Waals surface area contributed by atoms with Crippen molar-refractivity contribution in [3.8, 4) is 0 Å². The van der Waals surface area contributed by atoms with E-state index in [4.69, 9.17) is 19.9 Å². The number of carbonyl (C=O) groups excluding carboxylic acids is 4. The van der Waals surface area contributed by atoms with Crippen molar-refractivity contribution < 1.29 is 19.2 Å². The monoisotopic (exact) mass is 714 g/mol. The van der Waals surface area contributed by atoms with E-state index < -0.39 is 11.8 Å². The van der Waals surface area contributed by atoms with E-state index in [0.717, 1.165) is 33.4 Å². The number of H-pyrrole nitrogens is 2. The smallest absolute Gasteiger partial charge is 0.163 e. The van der Waals surface area contributed by atoms with Crippen LogP contribution in [0, 0.1) is 29.6 Å². The lowest BCUT2D eigenvalue weighted by molar-refractivity contribution is -0.122. The molecule has 7 unspecified atom stereocenters. The number of rotatable bonds is 2. The Morgan fingerprint density at radius 3 is 2.00 bits per heavy atom. The van der Waals surface area contributed by atoms with Gasteiger partial charge in [0.1, 0.15) is 28.6 Å². The molecule has 54 heavy (non-hydrogen) atoms. The summed E-state index contributed by atoms with van der Waals surface area (Å²) in [7, 11) is 0. The standard InChI is InChI=1S/C44H38N6O4/c1-19-5-9-27(35(53)11-19)30-16-26-17-31-38-22(4)34(52)12-21(3)37(38)43(47-31)50-44-40-28-10-8-24(14-36(28)54)39(40)32(48-44)18-25-15-29(41(45-25)49-42(30)46-26)23-7-6-20(2)33(51)13-23/h5-10,15-21,23-24,27-28H,4,11-14H2,1-3H3,(H2,45,46,49). The third-order valence-electron chi connectivity index (χ3n) is 12.1. The third-order valence-corrected chi connectivity index (χ3v) is 12.1. The fraction of sp³-hybridized carbons (Fsp3) is 0.318. The number of ketones is 4. The summed E-state index contributed by atoms with van der Waals surface area (Å²) in [6, 6.07) is 7.82. The van der Waals surface area contributed by atoms with Crippen molar-refractivity contribution in [2.24, 2.45) is 29.6 Å². The lowest BCUT2D eigenvalue weighted by Crippen LogP contribution is -2.28. The van der Waals surface area contributed by atoms with Gasteiger partial charge in [0.25, 0.3) is 0 Å². The Hall–Kier alpha value is -5.90. The minimum absolute atomic E-state index is 0.0439. The Kier molecular flexibility index (Phi) is 7.15. The van der Waals surface area contributed by atoms with Gasteiger partial charge < -0.3 is 9.97 Å². The van der Waals surface area contributed by atoms with Crippen LogP contribution in [0.25, 0.3) is 44.6 Å². The number of nitrogens with one attached hydrogen (secondary N) is 2. The number of fused-ring (bicyclic) bond motifs is 11. The normalized spacial score (nSPS) is 28.7. The molecule has 10 nitrogen and oxygen atoms in total. The first-order chi connectivity index (χ1) is 26.0. The van der Waals surface area contributed by atoms with Crippen LogP contribution in [0.1, 0.15) is 92.5 Å². The molecule has 3 aromatic rings. The van der Waals surface area contributed by atoms with Crippen LogP contribution >= 0.6 is 0 Å². The van der Waals surface area contributed by atoms with Gasteiger partial charge in [-0.3, -0.25) is 19.2 Å². The summed E-state index contributed by atoms with van der Waals surface area (Å²) in [5.74, 6) is -0.204. The zero-order valence-corrected chi connectivity index (χ0v) is 30.3. The highest BCUT2D eigenvalue weighted by Crippen LogP contribution is 2.50. The van der Waals surface area contributed by atoms with E-state index in [9.17, 15) is 19.2 Å². The third kappa shape index (κ3) is 4.99. The zero-order valence-electron chi connectivity index (χ0n) is 30.3. The van der Waals surface area contributed by atoms with Crippen LogP contribution in [0.15, 0.2) is 72.9 Å².